The molecule has 2 aliphatic rings. The van der Waals surface area contributed by atoms with Crippen molar-refractivity contribution in [3.05, 3.63) is 35.4 Å². The molecule has 2 atom stereocenters. The summed E-state index contributed by atoms with van der Waals surface area (Å²) in [6, 6.07) is 8.54. The normalized spacial score (nSPS) is 27.2. The van der Waals surface area contributed by atoms with Crippen molar-refractivity contribution in [1.29, 1.82) is 0 Å². The summed E-state index contributed by atoms with van der Waals surface area (Å²) in [5, 5.41) is 9.34. The van der Waals surface area contributed by atoms with Crippen LogP contribution < -0.4 is 0 Å². The van der Waals surface area contributed by atoms with Crippen molar-refractivity contribution in [2.75, 3.05) is 6.54 Å². The quantitative estimate of drug-likeness (QED) is 0.907. The average molecular weight is 259 g/mol. The summed E-state index contributed by atoms with van der Waals surface area (Å²) in [5.74, 6) is -0.389. The molecule has 1 aromatic carbocycles. The number of rotatable bonds is 3. The second-order valence-corrected chi connectivity index (χ2v) is 5.93. The highest BCUT2D eigenvalue weighted by Crippen LogP contribution is 2.33. The van der Waals surface area contributed by atoms with E-state index in [1.54, 1.807) is 0 Å². The number of aliphatic carboxylic acids is 1. The lowest BCUT2D eigenvalue weighted by atomic mass is 9.79. The molecule has 1 saturated carbocycles. The molecule has 0 saturated heterocycles. The molecule has 1 N–H and O–H groups in total. The van der Waals surface area contributed by atoms with Crippen LogP contribution in [0.3, 0.4) is 0 Å². The maximum absolute atomic E-state index is 11.3. The van der Waals surface area contributed by atoms with E-state index in [0.717, 1.165) is 38.9 Å². The first-order valence-electron chi connectivity index (χ1n) is 7.26. The average Bonchev–Trinajstić information content (AvgIpc) is 2.81. The van der Waals surface area contributed by atoms with Gasteiger partial charge in [-0.2, -0.15) is 0 Å². The number of carbonyl (C=O) groups is 1. The van der Waals surface area contributed by atoms with E-state index in [2.05, 4.69) is 29.2 Å². The molecular weight excluding hydrogens is 238 g/mol. The number of carboxylic acid groups (broad SMARTS) is 1. The van der Waals surface area contributed by atoms with E-state index in [1.165, 1.54) is 17.5 Å². The topological polar surface area (TPSA) is 40.5 Å². The summed E-state index contributed by atoms with van der Waals surface area (Å²) in [4.78, 5) is 13.8. The zero-order valence-corrected chi connectivity index (χ0v) is 11.2. The van der Waals surface area contributed by atoms with E-state index in [-0.39, 0.29) is 5.92 Å². The Morgan fingerprint density at radius 2 is 1.79 bits per heavy atom. The molecule has 1 aliphatic heterocycles. The third-order valence-corrected chi connectivity index (χ3v) is 4.63. The number of hydrogen-bond acceptors (Lipinski definition) is 2. The van der Waals surface area contributed by atoms with Gasteiger partial charge in [0.25, 0.3) is 0 Å². The molecule has 1 fully saturated rings. The second kappa shape index (κ2) is 5.33. The van der Waals surface area contributed by atoms with Gasteiger partial charge >= 0.3 is 5.97 Å². The molecule has 0 amide bonds. The van der Waals surface area contributed by atoms with Crippen LogP contribution in [-0.2, 0) is 17.9 Å². The van der Waals surface area contributed by atoms with Crippen LogP contribution in [0.2, 0.25) is 0 Å². The molecule has 0 bridgehead atoms. The lowest BCUT2D eigenvalue weighted by molar-refractivity contribution is -0.145. The summed E-state index contributed by atoms with van der Waals surface area (Å²) >= 11 is 0. The molecule has 1 aromatic rings. The molecular formula is C16H21NO2. The predicted octanol–water partition coefficient (Wildman–Crippen LogP) is 2.89. The Morgan fingerprint density at radius 1 is 1.16 bits per heavy atom. The molecule has 1 aliphatic carbocycles. The molecule has 0 spiro atoms. The van der Waals surface area contributed by atoms with Gasteiger partial charge in [-0.15, -0.1) is 0 Å². The third-order valence-electron chi connectivity index (χ3n) is 4.63. The fourth-order valence-corrected chi connectivity index (χ4v) is 3.62. The number of carboxylic acids is 1. The predicted molar refractivity (Wildman–Crippen MR) is 73.6 cm³/mol. The summed E-state index contributed by atoms with van der Waals surface area (Å²) in [5.41, 5.74) is 2.82. The molecule has 0 unspecified atom stereocenters. The first kappa shape index (κ1) is 12.7. The van der Waals surface area contributed by atoms with Gasteiger partial charge in [-0.1, -0.05) is 37.1 Å². The number of fused-ring (bicyclic) bond motifs is 1. The highest BCUT2D eigenvalue weighted by molar-refractivity contribution is 5.70. The molecule has 3 nitrogen and oxygen atoms in total. The van der Waals surface area contributed by atoms with Crippen molar-refractivity contribution < 1.29 is 9.90 Å². The van der Waals surface area contributed by atoms with E-state index in [0.29, 0.717) is 5.92 Å². The Bertz CT molecular complexity index is 447. The van der Waals surface area contributed by atoms with Crippen LogP contribution in [0.1, 0.15) is 36.8 Å². The van der Waals surface area contributed by atoms with Crippen molar-refractivity contribution in [3.63, 3.8) is 0 Å². The van der Waals surface area contributed by atoms with Crippen LogP contribution in [0.4, 0.5) is 0 Å². The third kappa shape index (κ3) is 2.66. The summed E-state index contributed by atoms with van der Waals surface area (Å²) in [6.45, 7) is 2.91. The van der Waals surface area contributed by atoms with Gasteiger partial charge in [0.2, 0.25) is 0 Å². The minimum Gasteiger partial charge on any atom is -0.481 e. The van der Waals surface area contributed by atoms with Crippen molar-refractivity contribution in [1.82, 2.24) is 4.90 Å². The maximum atomic E-state index is 11.3. The van der Waals surface area contributed by atoms with Crippen molar-refractivity contribution in [3.8, 4) is 0 Å². The minimum absolute atomic E-state index is 0.127. The van der Waals surface area contributed by atoms with Crippen molar-refractivity contribution in [2.45, 2.75) is 38.8 Å². The van der Waals surface area contributed by atoms with Gasteiger partial charge in [0, 0.05) is 19.6 Å². The van der Waals surface area contributed by atoms with Gasteiger partial charge in [0.05, 0.1) is 5.92 Å². The molecule has 3 heteroatoms. The lowest BCUT2D eigenvalue weighted by Crippen LogP contribution is -2.35. The zero-order valence-electron chi connectivity index (χ0n) is 11.2. The highest BCUT2D eigenvalue weighted by atomic mass is 16.4. The molecule has 1 heterocycles. The first-order chi connectivity index (χ1) is 9.24. The van der Waals surface area contributed by atoms with E-state index < -0.39 is 5.97 Å². The fraction of sp³-hybridized carbons (Fsp3) is 0.562. The Balaban J connectivity index is 1.64. The zero-order chi connectivity index (χ0) is 13.2. The standard InChI is InChI=1S/C16H21NO2/c18-16(19)15-8-4-3-7-14(15)11-17-9-12-5-1-2-6-13(12)10-17/h1-2,5-6,14-15H,3-4,7-11H2,(H,18,19)/t14-,15-/m0/s1. The van der Waals surface area contributed by atoms with Crippen LogP contribution in [0.25, 0.3) is 0 Å². The Kier molecular flexibility index (Phi) is 3.56. The molecule has 0 aromatic heterocycles. The SMILES string of the molecule is O=C(O)[C@H]1CCCC[C@H]1CN1Cc2ccccc2C1. The Labute approximate surface area is 114 Å². The van der Waals surface area contributed by atoms with Gasteiger partial charge in [0.15, 0.2) is 0 Å². The summed E-state index contributed by atoms with van der Waals surface area (Å²) < 4.78 is 0. The molecule has 0 radical (unpaired) electrons. The maximum Gasteiger partial charge on any atom is 0.306 e. The van der Waals surface area contributed by atoms with Gasteiger partial charge in [0.1, 0.15) is 0 Å². The largest absolute Gasteiger partial charge is 0.481 e. The number of hydrogen-bond donors (Lipinski definition) is 1. The Hall–Kier alpha value is -1.35. The van der Waals surface area contributed by atoms with Gasteiger partial charge in [-0.25, -0.2) is 0 Å². The monoisotopic (exact) mass is 259 g/mol. The molecule has 102 valence electrons. The first-order valence-corrected chi connectivity index (χ1v) is 7.26. The van der Waals surface area contributed by atoms with Crippen LogP contribution in [0.15, 0.2) is 24.3 Å². The number of benzene rings is 1. The van der Waals surface area contributed by atoms with E-state index in [9.17, 15) is 9.90 Å². The van der Waals surface area contributed by atoms with E-state index >= 15 is 0 Å². The number of nitrogens with zero attached hydrogens (tertiary/aromatic N) is 1. The van der Waals surface area contributed by atoms with Crippen LogP contribution >= 0.6 is 0 Å². The lowest BCUT2D eigenvalue weighted by Gasteiger charge is -2.31. The smallest absolute Gasteiger partial charge is 0.306 e. The fourth-order valence-electron chi connectivity index (χ4n) is 3.62. The summed E-state index contributed by atoms with van der Waals surface area (Å²) in [6.07, 6.45) is 4.20. The summed E-state index contributed by atoms with van der Waals surface area (Å²) in [7, 11) is 0. The van der Waals surface area contributed by atoms with Crippen LogP contribution in [-0.4, -0.2) is 22.5 Å². The van der Waals surface area contributed by atoms with Crippen LogP contribution in [0, 0.1) is 11.8 Å². The van der Waals surface area contributed by atoms with Gasteiger partial charge in [-0.3, -0.25) is 9.69 Å². The molecule has 19 heavy (non-hydrogen) atoms. The Morgan fingerprint density at radius 3 is 2.42 bits per heavy atom. The van der Waals surface area contributed by atoms with Crippen molar-refractivity contribution >= 4 is 5.97 Å². The van der Waals surface area contributed by atoms with E-state index in [1.807, 2.05) is 0 Å². The highest BCUT2D eigenvalue weighted by Gasteiger charge is 2.33. The van der Waals surface area contributed by atoms with Gasteiger partial charge in [-0.05, 0) is 29.9 Å². The minimum atomic E-state index is -0.596. The van der Waals surface area contributed by atoms with E-state index in [4.69, 9.17) is 0 Å². The van der Waals surface area contributed by atoms with Gasteiger partial charge < -0.3 is 5.11 Å². The van der Waals surface area contributed by atoms with Crippen molar-refractivity contribution in [2.24, 2.45) is 11.8 Å². The molecule has 3 rings (SSSR count). The van der Waals surface area contributed by atoms with Crippen LogP contribution in [0.5, 0.6) is 0 Å². The second-order valence-electron chi connectivity index (χ2n) is 5.93.